The van der Waals surface area contributed by atoms with E-state index in [1.807, 2.05) is 48.5 Å². The van der Waals surface area contributed by atoms with Crippen molar-refractivity contribution in [3.63, 3.8) is 0 Å². The first-order chi connectivity index (χ1) is 18.1. The summed E-state index contributed by atoms with van der Waals surface area (Å²) in [6.45, 7) is 0. The minimum Gasteiger partial charge on any atom is -0.497 e. The van der Waals surface area contributed by atoms with Crippen molar-refractivity contribution in [2.45, 2.75) is 0 Å². The molecule has 4 aromatic rings. The van der Waals surface area contributed by atoms with Crippen LogP contribution in [-0.2, 0) is 0 Å². The molecule has 5 nitrogen and oxygen atoms in total. The first kappa shape index (κ1) is 28.7. The highest BCUT2D eigenvalue weighted by Gasteiger charge is 2.32. The monoisotopic (exact) mass is 513 g/mol. The van der Waals surface area contributed by atoms with Gasteiger partial charge in [0.15, 0.2) is 0 Å². The molecule has 0 heterocycles. The predicted molar refractivity (Wildman–Crippen MR) is 160 cm³/mol. The van der Waals surface area contributed by atoms with Crippen LogP contribution in [0.3, 0.4) is 0 Å². The summed E-state index contributed by atoms with van der Waals surface area (Å²) in [7, 11) is 15.2. The topological polar surface area (TPSA) is 36.9 Å². The third kappa shape index (κ3) is 6.70. The van der Waals surface area contributed by atoms with Gasteiger partial charge in [-0.25, -0.2) is 0 Å². The normalized spacial score (nSPS) is 11.2. The first-order valence-corrected chi connectivity index (χ1v) is 12.7. The van der Waals surface area contributed by atoms with Gasteiger partial charge in [0.25, 0.3) is 0 Å². The molecule has 200 valence electrons. The van der Waals surface area contributed by atoms with Gasteiger partial charge in [0.05, 0.1) is 56.6 Å². The molecule has 0 amide bonds. The second-order valence-electron chi connectivity index (χ2n) is 10.6. The molecule has 0 aromatic heterocycles. The average molecular weight is 513 g/mol. The highest BCUT2D eigenvalue weighted by atomic mass is 16.5. The summed E-state index contributed by atoms with van der Waals surface area (Å²) >= 11 is 0. The van der Waals surface area contributed by atoms with Gasteiger partial charge in [-0.15, -0.1) is 0 Å². The Morgan fingerprint density at radius 2 is 0.526 bits per heavy atom. The largest absolute Gasteiger partial charge is 0.497 e. The van der Waals surface area contributed by atoms with Gasteiger partial charge in [-0.05, 0) is 48.5 Å². The Morgan fingerprint density at radius 1 is 0.368 bits per heavy atom. The maximum Gasteiger partial charge on any atom is 0.118 e. The van der Waals surface area contributed by atoms with Crippen LogP contribution in [0.15, 0.2) is 97.1 Å². The van der Waals surface area contributed by atoms with Crippen molar-refractivity contribution in [1.29, 1.82) is 0 Å². The van der Waals surface area contributed by atoms with Crippen molar-refractivity contribution >= 4 is 28.0 Å². The van der Waals surface area contributed by atoms with Gasteiger partial charge in [-0.2, -0.15) is 21.9 Å². The fourth-order valence-corrected chi connectivity index (χ4v) is 4.73. The Balaban J connectivity index is 0.000000732. The summed E-state index contributed by atoms with van der Waals surface area (Å²) < 4.78 is 22.8. The highest BCUT2D eigenvalue weighted by molar-refractivity contribution is 7.19. The lowest BCUT2D eigenvalue weighted by Crippen LogP contribution is -2.74. The van der Waals surface area contributed by atoms with Gasteiger partial charge in [0.2, 0.25) is 0 Å². The molecule has 0 N–H and O–H groups in total. The Kier molecular flexibility index (Phi) is 9.48. The Labute approximate surface area is 228 Å². The van der Waals surface area contributed by atoms with Crippen molar-refractivity contribution in [2.75, 3.05) is 56.6 Å². The van der Waals surface area contributed by atoms with Crippen LogP contribution in [0.2, 0.25) is 0 Å². The van der Waals surface area contributed by atoms with Crippen LogP contribution in [0.25, 0.3) is 0 Å². The van der Waals surface area contributed by atoms with Gasteiger partial charge in [0.1, 0.15) is 29.1 Å². The maximum atomic E-state index is 5.45. The lowest BCUT2D eigenvalue weighted by atomic mass is 9.13. The third-order valence-electron chi connectivity index (χ3n) is 6.46. The summed E-state index contributed by atoms with van der Waals surface area (Å²) in [6.07, 6.45) is -1.52. The molecule has 6 heteroatoms. The molecular formula is C32H40BNO4. The molecular weight excluding hydrogens is 473 g/mol. The van der Waals surface area contributed by atoms with E-state index in [-0.39, 0.29) is 0 Å². The second-order valence-corrected chi connectivity index (χ2v) is 10.6. The number of quaternary nitrogens is 1. The number of rotatable bonds is 8. The van der Waals surface area contributed by atoms with E-state index < -0.39 is 6.15 Å². The zero-order valence-electron chi connectivity index (χ0n) is 23.9. The fourth-order valence-electron chi connectivity index (χ4n) is 4.73. The molecule has 0 aliphatic heterocycles. The molecule has 0 atom stereocenters. The van der Waals surface area contributed by atoms with E-state index >= 15 is 0 Å². The summed E-state index contributed by atoms with van der Waals surface area (Å²) in [6, 6.07) is 33.3. The number of benzene rings is 4. The molecule has 0 aliphatic carbocycles. The first-order valence-electron chi connectivity index (χ1n) is 12.7. The summed E-state index contributed by atoms with van der Waals surface area (Å²) in [4.78, 5) is 0. The van der Waals surface area contributed by atoms with Crippen LogP contribution in [-0.4, -0.2) is 67.3 Å². The highest BCUT2D eigenvalue weighted by Crippen LogP contribution is 2.18. The predicted octanol–water partition coefficient (Wildman–Crippen LogP) is 3.42. The van der Waals surface area contributed by atoms with E-state index in [2.05, 4.69) is 76.7 Å². The summed E-state index contributed by atoms with van der Waals surface area (Å²) in [5.74, 6) is 3.29. The van der Waals surface area contributed by atoms with Crippen molar-refractivity contribution < 1.29 is 23.4 Å². The van der Waals surface area contributed by atoms with Crippen molar-refractivity contribution in [1.82, 2.24) is 0 Å². The molecule has 4 rings (SSSR count). The molecule has 0 saturated heterocycles. The van der Waals surface area contributed by atoms with Crippen LogP contribution < -0.4 is 40.8 Å². The minimum absolute atomic E-state index is 0.822. The van der Waals surface area contributed by atoms with Gasteiger partial charge in [-0.1, -0.05) is 48.5 Å². The van der Waals surface area contributed by atoms with Crippen LogP contribution in [0.5, 0.6) is 23.0 Å². The average Bonchev–Trinajstić information content (AvgIpc) is 2.94. The molecule has 0 spiro atoms. The second kappa shape index (κ2) is 12.6. The van der Waals surface area contributed by atoms with Gasteiger partial charge < -0.3 is 23.4 Å². The van der Waals surface area contributed by atoms with Crippen molar-refractivity contribution in [3.8, 4) is 23.0 Å². The molecule has 38 heavy (non-hydrogen) atoms. The van der Waals surface area contributed by atoms with Gasteiger partial charge >= 0.3 is 0 Å². The number of ether oxygens (including phenoxy) is 4. The molecule has 0 radical (unpaired) electrons. The Morgan fingerprint density at radius 3 is 0.658 bits per heavy atom. The number of hydrogen-bond acceptors (Lipinski definition) is 4. The lowest BCUT2D eigenvalue weighted by molar-refractivity contribution is -0.849. The molecule has 0 unspecified atom stereocenters. The third-order valence-corrected chi connectivity index (χ3v) is 6.46. The minimum atomic E-state index is -1.52. The zero-order chi connectivity index (χ0) is 27.8. The standard InChI is InChI=1S/C28H28BO4.C4H12N/c1-30-25-13-5-21(6-14-25)29(22-7-15-26(31-2)16-8-22,23-9-17-27(32-3)18-10-23)24-11-19-28(33-4)20-12-24;1-5(2,3)4/h5-20H,1-4H3;1-4H3/q-1;+1. The van der Waals surface area contributed by atoms with Crippen molar-refractivity contribution in [3.05, 3.63) is 97.1 Å². The van der Waals surface area contributed by atoms with Gasteiger partial charge in [-0.3, -0.25) is 0 Å². The molecule has 0 aliphatic rings. The smallest absolute Gasteiger partial charge is 0.118 e. The maximum absolute atomic E-state index is 5.45. The van der Waals surface area contributed by atoms with Crippen molar-refractivity contribution in [2.24, 2.45) is 0 Å². The quantitative estimate of drug-likeness (QED) is 0.267. The lowest BCUT2D eigenvalue weighted by Gasteiger charge is -2.44. The van der Waals surface area contributed by atoms with Crippen LogP contribution in [0.4, 0.5) is 0 Å². The van der Waals surface area contributed by atoms with Crippen LogP contribution in [0, 0.1) is 0 Å². The van der Waals surface area contributed by atoms with E-state index in [0.717, 1.165) is 27.5 Å². The van der Waals surface area contributed by atoms with E-state index in [1.54, 1.807) is 28.4 Å². The molecule has 4 aromatic carbocycles. The Bertz CT molecular complexity index is 1060. The zero-order valence-corrected chi connectivity index (χ0v) is 23.9. The molecule has 0 bridgehead atoms. The Hall–Kier alpha value is -3.90. The molecule has 0 fully saturated rings. The van der Waals surface area contributed by atoms with Crippen LogP contribution in [0.1, 0.15) is 0 Å². The number of methoxy groups -OCH3 is 4. The SMILES string of the molecule is COc1ccc([B-](c2ccc(OC)cc2)(c2ccc(OC)cc2)c2ccc(OC)cc2)cc1.C[N+](C)(C)C. The number of nitrogens with zero attached hydrogens (tertiary/aromatic N) is 1. The van der Waals surface area contributed by atoms with Crippen LogP contribution >= 0.6 is 0 Å². The van der Waals surface area contributed by atoms with E-state index in [1.165, 1.54) is 21.9 Å². The fraction of sp³-hybridized carbons (Fsp3) is 0.250. The van der Waals surface area contributed by atoms with E-state index in [4.69, 9.17) is 18.9 Å². The summed E-state index contributed by atoms with van der Waals surface area (Å²) in [5.41, 5.74) is 4.71. The number of hydrogen-bond donors (Lipinski definition) is 0. The van der Waals surface area contributed by atoms with E-state index in [0.29, 0.717) is 0 Å². The summed E-state index contributed by atoms with van der Waals surface area (Å²) in [5, 5.41) is 0. The van der Waals surface area contributed by atoms with E-state index in [9.17, 15) is 0 Å². The molecule has 0 saturated carbocycles. The van der Waals surface area contributed by atoms with Gasteiger partial charge in [0, 0.05) is 0 Å².